The Morgan fingerprint density at radius 2 is 1.90 bits per heavy atom. The molecule has 7 nitrogen and oxygen atoms in total. The van der Waals surface area contributed by atoms with E-state index in [0.717, 1.165) is 15.3 Å². The fourth-order valence-corrected chi connectivity index (χ4v) is 5.21. The molecular weight excluding hydrogens is 408 g/mol. The van der Waals surface area contributed by atoms with Gasteiger partial charge in [0.25, 0.3) is 11.6 Å². The molecule has 9 heteroatoms. The van der Waals surface area contributed by atoms with Gasteiger partial charge in [-0.1, -0.05) is 23.5 Å². The van der Waals surface area contributed by atoms with Crippen LogP contribution in [0.5, 0.6) is 0 Å². The van der Waals surface area contributed by atoms with E-state index in [1.165, 1.54) is 11.0 Å². The summed E-state index contributed by atoms with van der Waals surface area (Å²) < 4.78 is 1.16. The largest absolute Gasteiger partial charge is 0.345 e. The lowest BCUT2D eigenvalue weighted by atomic mass is 10.1. The van der Waals surface area contributed by atoms with Gasteiger partial charge in [0.1, 0.15) is 0 Å². The molecule has 29 heavy (non-hydrogen) atoms. The number of nitro benzene ring substituents is 1. The maximum atomic E-state index is 12.9. The van der Waals surface area contributed by atoms with Crippen molar-refractivity contribution in [2.45, 2.75) is 11.8 Å². The van der Waals surface area contributed by atoms with E-state index in [9.17, 15) is 14.9 Å². The number of anilines is 1. The third kappa shape index (κ3) is 3.67. The Kier molecular flexibility index (Phi) is 5.42. The van der Waals surface area contributed by atoms with Crippen LogP contribution in [0.4, 0.5) is 10.8 Å². The summed E-state index contributed by atoms with van der Waals surface area (Å²) in [6, 6.07) is 10.9. The number of fused-ring (bicyclic) bond motifs is 1. The lowest BCUT2D eigenvalue weighted by Gasteiger charge is -2.34. The molecule has 0 saturated carbocycles. The predicted molar refractivity (Wildman–Crippen MR) is 117 cm³/mol. The van der Waals surface area contributed by atoms with E-state index in [1.807, 2.05) is 12.3 Å². The molecule has 2 heterocycles. The first kappa shape index (κ1) is 19.7. The first-order chi connectivity index (χ1) is 14.0. The van der Waals surface area contributed by atoms with Crippen LogP contribution in [-0.2, 0) is 0 Å². The van der Waals surface area contributed by atoms with Gasteiger partial charge in [0.15, 0.2) is 5.13 Å². The van der Waals surface area contributed by atoms with Crippen molar-refractivity contribution in [2.75, 3.05) is 37.3 Å². The Bertz CT molecular complexity index is 1090. The number of para-hydroxylation sites is 1. The molecule has 1 aromatic heterocycles. The van der Waals surface area contributed by atoms with Gasteiger partial charge in [0.2, 0.25) is 0 Å². The zero-order chi connectivity index (χ0) is 20.5. The zero-order valence-electron chi connectivity index (χ0n) is 16.1. The topological polar surface area (TPSA) is 79.6 Å². The smallest absolute Gasteiger partial charge is 0.273 e. The number of carbonyl (C=O) groups excluding carboxylic acids is 1. The Hall–Kier alpha value is -2.65. The molecule has 3 aromatic rings. The summed E-state index contributed by atoms with van der Waals surface area (Å²) in [5, 5.41) is 12.1. The van der Waals surface area contributed by atoms with Gasteiger partial charge in [-0.2, -0.15) is 0 Å². The van der Waals surface area contributed by atoms with Crippen LogP contribution in [0.3, 0.4) is 0 Å². The molecule has 1 aliphatic rings. The van der Waals surface area contributed by atoms with E-state index in [-0.39, 0.29) is 11.6 Å². The minimum absolute atomic E-state index is 0.0199. The number of hydrogen-bond donors (Lipinski definition) is 0. The summed E-state index contributed by atoms with van der Waals surface area (Å²) in [4.78, 5) is 33.6. The summed E-state index contributed by atoms with van der Waals surface area (Å²) in [5.41, 5.74) is 1.83. The van der Waals surface area contributed by atoms with E-state index in [2.05, 4.69) is 17.0 Å². The van der Waals surface area contributed by atoms with Crippen LogP contribution in [0, 0.1) is 17.0 Å². The van der Waals surface area contributed by atoms with Crippen LogP contribution < -0.4 is 4.90 Å². The van der Waals surface area contributed by atoms with Crippen LogP contribution >= 0.6 is 23.1 Å². The van der Waals surface area contributed by atoms with Crippen molar-refractivity contribution in [2.24, 2.45) is 0 Å². The van der Waals surface area contributed by atoms with E-state index in [1.54, 1.807) is 47.1 Å². The van der Waals surface area contributed by atoms with Crippen molar-refractivity contribution in [3.8, 4) is 0 Å². The molecule has 0 radical (unpaired) electrons. The van der Waals surface area contributed by atoms with Crippen LogP contribution in [0.25, 0.3) is 10.2 Å². The average molecular weight is 429 g/mol. The van der Waals surface area contributed by atoms with Gasteiger partial charge in [0, 0.05) is 48.3 Å². The van der Waals surface area contributed by atoms with Crippen molar-refractivity contribution < 1.29 is 9.72 Å². The third-order valence-electron chi connectivity index (χ3n) is 5.16. The molecule has 150 valence electrons. The van der Waals surface area contributed by atoms with Crippen molar-refractivity contribution in [1.82, 2.24) is 9.88 Å². The van der Waals surface area contributed by atoms with E-state index >= 15 is 0 Å². The number of carbonyl (C=O) groups is 1. The van der Waals surface area contributed by atoms with Gasteiger partial charge >= 0.3 is 0 Å². The highest BCUT2D eigenvalue weighted by molar-refractivity contribution is 7.98. The van der Waals surface area contributed by atoms with E-state index in [4.69, 9.17) is 4.98 Å². The van der Waals surface area contributed by atoms with E-state index < -0.39 is 4.92 Å². The lowest BCUT2D eigenvalue weighted by Crippen LogP contribution is -2.48. The monoisotopic (exact) mass is 428 g/mol. The first-order valence-electron chi connectivity index (χ1n) is 9.21. The maximum absolute atomic E-state index is 12.9. The summed E-state index contributed by atoms with van der Waals surface area (Å²) in [5.74, 6) is -0.153. The molecule has 1 fully saturated rings. The van der Waals surface area contributed by atoms with Gasteiger partial charge < -0.3 is 9.80 Å². The average Bonchev–Trinajstić information content (AvgIpc) is 3.18. The van der Waals surface area contributed by atoms with Crippen molar-refractivity contribution >= 4 is 50.0 Å². The molecule has 1 amide bonds. The maximum Gasteiger partial charge on any atom is 0.273 e. The van der Waals surface area contributed by atoms with Crippen molar-refractivity contribution in [1.29, 1.82) is 0 Å². The molecule has 1 aliphatic heterocycles. The second kappa shape index (κ2) is 8.00. The lowest BCUT2D eigenvalue weighted by molar-refractivity contribution is -0.385. The number of benzene rings is 2. The predicted octanol–water partition coefficient (Wildman–Crippen LogP) is 4.20. The minimum Gasteiger partial charge on any atom is -0.345 e. The van der Waals surface area contributed by atoms with Gasteiger partial charge in [-0.05, 0) is 31.4 Å². The molecule has 0 atom stereocenters. The molecule has 4 rings (SSSR count). The van der Waals surface area contributed by atoms with Gasteiger partial charge in [0.05, 0.1) is 15.1 Å². The zero-order valence-corrected chi connectivity index (χ0v) is 17.8. The van der Waals surface area contributed by atoms with Crippen molar-refractivity contribution in [3.05, 3.63) is 57.6 Å². The van der Waals surface area contributed by atoms with Crippen LogP contribution in [0.1, 0.15) is 15.9 Å². The quantitative estimate of drug-likeness (QED) is 0.352. The van der Waals surface area contributed by atoms with Gasteiger partial charge in [-0.15, -0.1) is 11.8 Å². The van der Waals surface area contributed by atoms with Crippen LogP contribution in [0.2, 0.25) is 0 Å². The highest BCUT2D eigenvalue weighted by atomic mass is 32.2. The highest BCUT2D eigenvalue weighted by Gasteiger charge is 2.27. The molecule has 0 spiro atoms. The number of aromatic nitrogens is 1. The van der Waals surface area contributed by atoms with Crippen LogP contribution in [0.15, 0.2) is 41.3 Å². The first-order valence-corrected chi connectivity index (χ1v) is 11.3. The number of nitrogens with zero attached hydrogens (tertiary/aromatic N) is 4. The Morgan fingerprint density at radius 1 is 1.17 bits per heavy atom. The number of rotatable bonds is 4. The van der Waals surface area contributed by atoms with Crippen molar-refractivity contribution in [3.63, 3.8) is 0 Å². The molecule has 0 N–H and O–H groups in total. The number of piperazine rings is 1. The molecule has 2 aromatic carbocycles. The Morgan fingerprint density at radius 3 is 2.59 bits per heavy atom. The Balaban J connectivity index is 1.49. The summed E-state index contributed by atoms with van der Waals surface area (Å²) in [7, 11) is 0. The van der Waals surface area contributed by atoms with Crippen LogP contribution in [-0.4, -0.2) is 53.1 Å². The molecule has 0 bridgehead atoms. The Labute approximate surface area is 176 Å². The molecule has 0 unspecified atom stereocenters. The fraction of sp³-hybridized carbons (Fsp3) is 0.300. The number of thiazole rings is 1. The van der Waals surface area contributed by atoms with Gasteiger partial charge in [-0.25, -0.2) is 4.98 Å². The SMILES string of the molecule is CSc1cccc2sc(N3CCN(C(=O)c4cccc([N+](=O)[O-])c4C)CC3)nc12. The normalized spacial score (nSPS) is 14.4. The van der Waals surface area contributed by atoms with E-state index in [0.29, 0.717) is 37.3 Å². The summed E-state index contributed by atoms with van der Waals surface area (Å²) in [6.45, 7) is 4.13. The molecule has 1 saturated heterocycles. The summed E-state index contributed by atoms with van der Waals surface area (Å²) in [6.07, 6.45) is 2.05. The second-order valence-electron chi connectivity index (χ2n) is 6.79. The third-order valence-corrected chi connectivity index (χ3v) is 7.01. The minimum atomic E-state index is -0.444. The molecule has 0 aliphatic carbocycles. The van der Waals surface area contributed by atoms with Gasteiger partial charge in [-0.3, -0.25) is 14.9 Å². The number of thioether (sulfide) groups is 1. The number of hydrogen-bond acceptors (Lipinski definition) is 7. The fourth-order valence-electron chi connectivity index (χ4n) is 3.54. The highest BCUT2D eigenvalue weighted by Crippen LogP contribution is 2.34. The standard InChI is InChI=1S/C20H20N4O3S2/c1-13-14(5-3-6-15(13)24(26)27)19(25)22-9-11-23(12-10-22)20-21-18-16(28-2)7-4-8-17(18)29-20/h3-8H,9-12H2,1-2H3. The number of amides is 1. The number of nitro groups is 1. The summed E-state index contributed by atoms with van der Waals surface area (Å²) >= 11 is 3.36. The molecular formula is C20H20N4O3S2. The second-order valence-corrected chi connectivity index (χ2v) is 8.65.